The maximum atomic E-state index is 14.9. The fourth-order valence-electron chi connectivity index (χ4n) is 11.0. The number of hydrogen-bond donors (Lipinski definition) is 8. The highest BCUT2D eigenvalue weighted by molar-refractivity contribution is 9.09. The first-order chi connectivity index (χ1) is 39.6. The number of nitrogens with one attached hydrogen (secondary N) is 3. The number of ether oxygens (including phenoxy) is 5. The Hall–Kier alpha value is -5.80. The number of nitrogens with zero attached hydrogens (tertiary/aromatic N) is 3. The van der Waals surface area contributed by atoms with E-state index in [9.17, 15) is 63.9 Å². The second-order valence-corrected chi connectivity index (χ2v) is 23.1. The van der Waals surface area contributed by atoms with E-state index in [2.05, 4.69) is 31.9 Å². The molecule has 2 heterocycles. The number of likely N-dealkylation sites (tertiary alicyclic amines) is 1. The number of alkyl halides is 1. The molecular weight excluding hydrogens is 1160 g/mol. The molecule has 2 saturated heterocycles. The van der Waals surface area contributed by atoms with Crippen LogP contribution in [0.25, 0.3) is 0 Å². The maximum Gasteiger partial charge on any atom is 0.410 e. The third-order valence-corrected chi connectivity index (χ3v) is 16.5. The van der Waals surface area contributed by atoms with E-state index < -0.39 is 121 Å². The van der Waals surface area contributed by atoms with E-state index in [1.165, 1.54) is 39.5 Å². The minimum Gasteiger partial charge on any atom is -0.479 e. The normalized spacial score (nSPS) is 22.1. The number of carbonyl (C=O) groups excluding carboxylic acids is 7. The average Bonchev–Trinajstić information content (AvgIpc) is 2.90. The number of hydrogen-bond acceptors (Lipinski definition) is 17. The monoisotopic (exact) mass is 1250 g/mol. The zero-order valence-electron chi connectivity index (χ0n) is 50.3. The molecule has 15 atom stereocenters. The highest BCUT2D eigenvalue weighted by atomic mass is 79.9. The molecule has 0 spiro atoms. The number of aliphatic carboxylic acids is 1. The predicted octanol–water partition coefficient (Wildman–Crippen LogP) is 3.78. The summed E-state index contributed by atoms with van der Waals surface area (Å²) >= 11 is 3.03. The van der Waals surface area contributed by atoms with Gasteiger partial charge in [0.2, 0.25) is 35.8 Å². The van der Waals surface area contributed by atoms with E-state index in [0.29, 0.717) is 31.4 Å². The number of carboxylic acid groups (broad SMARTS) is 1. The standard InChI is InChI=1S/C59H89BrN6O18/c1-13-33(6)48(43(80-11)28-46(70)66-25-17-20-40(66)53(81-12)34(7)55(75)62-35(8)49(71)37-18-15-14-16-19-37)64(9)56(76)38(31(2)3)27-41(67)47(32(4)5)65(10)59(79)82-30-36-21-22-42(39(26-36)63-44(68)23-24-61-45(69)29-60)83-58-52(74)50(72)51(73)54(84-58)57(77)78/h14-16,18-19,21-22,26,31-35,38,40,43,47-54,58,71-74H,13,17,20,23-25,27-30H2,1-12H3,(H,61,69)(H,62,75)(H,63,68)(H,77,78)/t33-,34+,35+,38-,40-,43+,47?,48?,49+,50-,51-,52+,53+,54-,58?/m0/s1. The van der Waals surface area contributed by atoms with Crippen molar-refractivity contribution in [3.8, 4) is 5.75 Å². The topological polar surface area (TPSA) is 330 Å². The third kappa shape index (κ3) is 18.6. The summed E-state index contributed by atoms with van der Waals surface area (Å²) in [6.45, 7) is 14.5. The van der Waals surface area contributed by atoms with Crippen LogP contribution in [0.5, 0.6) is 5.75 Å². The van der Waals surface area contributed by atoms with E-state index >= 15 is 0 Å². The van der Waals surface area contributed by atoms with E-state index in [-0.39, 0.29) is 83.6 Å². The molecule has 0 radical (unpaired) electrons. The van der Waals surface area contributed by atoms with Crippen molar-refractivity contribution in [2.24, 2.45) is 29.6 Å². The molecule has 6 amide bonds. The summed E-state index contributed by atoms with van der Waals surface area (Å²) in [7, 11) is 6.05. The van der Waals surface area contributed by atoms with Gasteiger partial charge < -0.3 is 79.9 Å². The summed E-state index contributed by atoms with van der Waals surface area (Å²) in [5, 5.41) is 59.8. The van der Waals surface area contributed by atoms with Gasteiger partial charge in [0.15, 0.2) is 11.9 Å². The lowest BCUT2D eigenvalue weighted by atomic mass is 9.83. The number of carboxylic acids is 1. The summed E-state index contributed by atoms with van der Waals surface area (Å²) in [6, 6.07) is 10.4. The van der Waals surface area contributed by atoms with Crippen molar-refractivity contribution >= 4 is 69.0 Å². The van der Waals surface area contributed by atoms with Gasteiger partial charge in [0.1, 0.15) is 30.7 Å². The lowest BCUT2D eigenvalue weighted by Gasteiger charge is -2.41. The molecule has 0 aromatic heterocycles. The number of methoxy groups -OCH3 is 2. The van der Waals surface area contributed by atoms with Crippen LogP contribution in [0.15, 0.2) is 48.5 Å². The van der Waals surface area contributed by atoms with E-state index in [1.54, 1.807) is 56.7 Å². The first-order valence-electron chi connectivity index (χ1n) is 28.6. The molecule has 3 unspecified atom stereocenters. The molecule has 2 aliphatic heterocycles. The number of rotatable bonds is 31. The molecule has 2 aliphatic rings. The van der Waals surface area contributed by atoms with Crippen LogP contribution in [-0.2, 0) is 59.1 Å². The SMILES string of the molecule is CC[C@H](C)C([C@@H](CC(=O)N1CCC[C@H]1[C@H](OC)[C@@H](C)C(=O)N[C@H](C)[C@@H](O)c1ccccc1)OC)N(C)C(=O)[C@@H](CC(=O)C(C(C)C)N(C)C(=O)OCc1ccc(OC2O[C@H](C(=O)O)[C@@H](O)[C@H](O)[C@H]2O)c(NC(=O)CCNC(=O)CBr)c1)C(C)C. The summed E-state index contributed by atoms with van der Waals surface area (Å²) in [5.74, 6) is -6.69. The number of halogens is 1. The minimum absolute atomic E-state index is 0.00144. The quantitative estimate of drug-likeness (QED) is 0.0498. The number of likely N-dealkylation sites (N-methyl/N-ethyl adjacent to an activating group) is 2. The van der Waals surface area contributed by atoms with Crippen LogP contribution in [0.1, 0.15) is 111 Å². The fourth-order valence-corrected chi connectivity index (χ4v) is 11.2. The van der Waals surface area contributed by atoms with Crippen molar-refractivity contribution in [1.82, 2.24) is 25.3 Å². The van der Waals surface area contributed by atoms with Crippen molar-refractivity contribution < 1.29 is 87.6 Å². The average molecular weight is 1250 g/mol. The van der Waals surface area contributed by atoms with E-state index in [0.717, 1.165) is 4.90 Å². The van der Waals surface area contributed by atoms with Crippen molar-refractivity contribution in [2.45, 2.75) is 174 Å². The zero-order valence-corrected chi connectivity index (χ0v) is 51.9. The number of aliphatic hydroxyl groups is 4. The number of aliphatic hydroxyl groups excluding tert-OH is 4. The lowest BCUT2D eigenvalue weighted by molar-refractivity contribution is -0.271. The lowest BCUT2D eigenvalue weighted by Crippen LogP contribution is -2.61. The molecule has 2 aromatic carbocycles. The van der Waals surface area contributed by atoms with Gasteiger partial charge in [0.05, 0.1) is 65.8 Å². The van der Waals surface area contributed by atoms with Crippen LogP contribution in [-0.4, -0.2) is 201 Å². The van der Waals surface area contributed by atoms with Gasteiger partial charge in [-0.3, -0.25) is 28.8 Å². The number of Topliss-reactive ketones (excluding diaryl/α,β-unsaturated/α-hetero) is 1. The summed E-state index contributed by atoms with van der Waals surface area (Å²) in [5.41, 5.74) is 0.871. The smallest absolute Gasteiger partial charge is 0.410 e. The number of benzene rings is 2. The van der Waals surface area contributed by atoms with Gasteiger partial charge in [-0.05, 0) is 60.8 Å². The Morgan fingerprint density at radius 3 is 2.10 bits per heavy atom. The molecule has 25 heteroatoms. The van der Waals surface area contributed by atoms with Gasteiger partial charge in [-0.15, -0.1) is 0 Å². The molecule has 2 aromatic rings. The number of anilines is 1. The maximum absolute atomic E-state index is 14.9. The minimum atomic E-state index is -2.00. The molecule has 0 aliphatic carbocycles. The highest BCUT2D eigenvalue weighted by Crippen LogP contribution is 2.34. The van der Waals surface area contributed by atoms with Gasteiger partial charge in [-0.1, -0.05) is 107 Å². The molecule has 8 N–H and O–H groups in total. The Labute approximate surface area is 500 Å². The largest absolute Gasteiger partial charge is 0.479 e. The van der Waals surface area contributed by atoms with Crippen LogP contribution < -0.4 is 20.7 Å². The second kappa shape index (κ2) is 33.2. The van der Waals surface area contributed by atoms with Gasteiger partial charge in [0, 0.05) is 60.2 Å². The van der Waals surface area contributed by atoms with E-state index in [4.69, 9.17) is 23.7 Å². The van der Waals surface area contributed by atoms with Crippen LogP contribution in [0, 0.1) is 29.6 Å². The summed E-state index contributed by atoms with van der Waals surface area (Å²) < 4.78 is 28.8. The zero-order chi connectivity index (χ0) is 62.9. The Morgan fingerprint density at radius 2 is 1.51 bits per heavy atom. The van der Waals surface area contributed by atoms with Crippen LogP contribution in [0.3, 0.4) is 0 Å². The molecule has 470 valence electrons. The fraction of sp³-hybridized carbons (Fsp3) is 0.661. The summed E-state index contributed by atoms with van der Waals surface area (Å²) in [6.07, 6.45) is -11.7. The van der Waals surface area contributed by atoms with Crippen molar-refractivity contribution in [1.29, 1.82) is 0 Å². The molecule has 24 nitrogen and oxygen atoms in total. The van der Waals surface area contributed by atoms with E-state index in [1.807, 2.05) is 45.9 Å². The molecule has 0 saturated carbocycles. The first kappa shape index (κ1) is 70.7. The Bertz CT molecular complexity index is 2530. The van der Waals surface area contributed by atoms with Crippen molar-refractivity contribution in [2.75, 3.05) is 52.1 Å². The Morgan fingerprint density at radius 1 is 0.845 bits per heavy atom. The number of ketones is 1. The first-order valence-corrected chi connectivity index (χ1v) is 29.7. The highest BCUT2D eigenvalue weighted by Gasteiger charge is 2.49. The van der Waals surface area contributed by atoms with Gasteiger partial charge in [-0.2, -0.15) is 0 Å². The molecular formula is C59H89BrN6O18. The predicted molar refractivity (Wildman–Crippen MR) is 311 cm³/mol. The molecule has 0 bridgehead atoms. The van der Waals surface area contributed by atoms with Crippen LogP contribution >= 0.6 is 15.9 Å². The molecule has 2 fully saturated rings. The van der Waals surface area contributed by atoms with Crippen LogP contribution in [0.4, 0.5) is 10.5 Å². The number of carbonyl (C=O) groups is 8. The third-order valence-electron chi connectivity index (χ3n) is 16.0. The van der Waals surface area contributed by atoms with Gasteiger partial charge >= 0.3 is 12.1 Å². The second-order valence-electron chi connectivity index (χ2n) is 22.6. The van der Waals surface area contributed by atoms with Gasteiger partial charge in [-0.25, -0.2) is 9.59 Å². The van der Waals surface area contributed by atoms with Crippen molar-refractivity contribution in [3.05, 3.63) is 59.7 Å². The van der Waals surface area contributed by atoms with Gasteiger partial charge in [0.25, 0.3) is 0 Å². The van der Waals surface area contributed by atoms with Crippen LogP contribution in [0.2, 0.25) is 0 Å². The molecule has 84 heavy (non-hydrogen) atoms. The number of amides is 6. The van der Waals surface area contributed by atoms with Crippen molar-refractivity contribution in [3.63, 3.8) is 0 Å². The summed E-state index contributed by atoms with van der Waals surface area (Å²) in [4.78, 5) is 112. The molecule has 4 rings (SSSR count). The Kier molecular flexibility index (Phi) is 27.9. The Balaban J connectivity index is 1.48.